The number of nitrogens with zero attached hydrogens (tertiary/aromatic N) is 4. The Hall–Kier alpha value is -4.01. The quantitative estimate of drug-likeness (QED) is 0.485. The van der Waals surface area contributed by atoms with E-state index in [9.17, 15) is 4.79 Å². The molecule has 148 valence electrons. The molecular formula is C20H19N5O4. The van der Waals surface area contributed by atoms with Crippen LogP contribution in [0.15, 0.2) is 54.0 Å². The zero-order chi connectivity index (χ0) is 20.6. The summed E-state index contributed by atoms with van der Waals surface area (Å²) >= 11 is 0. The summed E-state index contributed by atoms with van der Waals surface area (Å²) in [5.41, 5.74) is 4.26. The molecule has 0 atom stereocenters. The lowest BCUT2D eigenvalue weighted by Crippen LogP contribution is -2.19. The smallest absolute Gasteiger partial charge is 0.291 e. The van der Waals surface area contributed by atoms with Crippen LogP contribution in [-0.2, 0) is 0 Å². The Balaban J connectivity index is 1.72. The van der Waals surface area contributed by atoms with Crippen LogP contribution in [0.3, 0.4) is 0 Å². The second-order valence-electron chi connectivity index (χ2n) is 5.72. The lowest BCUT2D eigenvalue weighted by molar-refractivity contribution is 0.0950. The SMILES string of the molecule is COc1ccc(-c2cncc(C(=O)NN=Cc3cc(OC)cc(OC)c3)n2)nc1. The monoisotopic (exact) mass is 393 g/mol. The van der Waals surface area contributed by atoms with Crippen molar-refractivity contribution in [1.29, 1.82) is 0 Å². The van der Waals surface area contributed by atoms with E-state index in [0.29, 0.717) is 34.2 Å². The van der Waals surface area contributed by atoms with Gasteiger partial charge >= 0.3 is 0 Å². The summed E-state index contributed by atoms with van der Waals surface area (Å²) in [5.74, 6) is 1.35. The highest BCUT2D eigenvalue weighted by Gasteiger charge is 2.10. The Morgan fingerprint density at radius 3 is 2.28 bits per heavy atom. The third kappa shape index (κ3) is 5.04. The Morgan fingerprint density at radius 2 is 1.66 bits per heavy atom. The highest BCUT2D eigenvalue weighted by atomic mass is 16.5. The van der Waals surface area contributed by atoms with Crippen molar-refractivity contribution in [1.82, 2.24) is 20.4 Å². The van der Waals surface area contributed by atoms with Crippen LogP contribution in [0, 0.1) is 0 Å². The molecule has 0 aliphatic rings. The number of pyridine rings is 1. The molecule has 3 aromatic rings. The first-order valence-corrected chi connectivity index (χ1v) is 8.52. The van der Waals surface area contributed by atoms with Crippen LogP contribution >= 0.6 is 0 Å². The number of amides is 1. The van der Waals surface area contributed by atoms with Crippen molar-refractivity contribution in [2.24, 2.45) is 5.10 Å². The molecular weight excluding hydrogens is 374 g/mol. The summed E-state index contributed by atoms with van der Waals surface area (Å²) in [4.78, 5) is 24.9. The topological polar surface area (TPSA) is 108 Å². The average molecular weight is 393 g/mol. The molecule has 2 heterocycles. The highest BCUT2D eigenvalue weighted by molar-refractivity contribution is 5.93. The Bertz CT molecular complexity index is 999. The number of nitrogens with one attached hydrogen (secondary N) is 1. The Labute approximate surface area is 167 Å². The highest BCUT2D eigenvalue weighted by Crippen LogP contribution is 2.21. The number of ether oxygens (including phenoxy) is 3. The first kappa shape index (κ1) is 19.7. The maximum atomic E-state index is 12.3. The summed E-state index contributed by atoms with van der Waals surface area (Å²) in [6.45, 7) is 0. The van der Waals surface area contributed by atoms with Crippen molar-refractivity contribution in [2.75, 3.05) is 21.3 Å². The van der Waals surface area contributed by atoms with E-state index in [2.05, 4.69) is 25.5 Å². The zero-order valence-electron chi connectivity index (χ0n) is 16.1. The minimum Gasteiger partial charge on any atom is -0.497 e. The molecule has 0 saturated heterocycles. The number of rotatable bonds is 7. The molecule has 0 aliphatic carbocycles. The van der Waals surface area contributed by atoms with Crippen LogP contribution in [0.5, 0.6) is 17.2 Å². The van der Waals surface area contributed by atoms with Crippen LogP contribution < -0.4 is 19.6 Å². The second kappa shape index (κ2) is 9.27. The number of carbonyl (C=O) groups excluding carboxylic acids is 1. The van der Waals surface area contributed by atoms with Gasteiger partial charge in [0, 0.05) is 11.6 Å². The van der Waals surface area contributed by atoms with Crippen LogP contribution in [0.2, 0.25) is 0 Å². The van der Waals surface area contributed by atoms with Gasteiger partial charge in [-0.2, -0.15) is 5.10 Å². The molecule has 9 nitrogen and oxygen atoms in total. The van der Waals surface area contributed by atoms with Crippen molar-refractivity contribution in [3.05, 3.63) is 60.2 Å². The molecule has 0 aliphatic heterocycles. The standard InChI is InChI=1S/C20H19N5O4/c1-27-14-4-5-17(22-10-14)18-11-21-12-19(24-18)20(26)25-23-9-13-6-15(28-2)8-16(7-13)29-3/h4-12H,1-3H3,(H,25,26). The molecule has 1 N–H and O–H groups in total. The summed E-state index contributed by atoms with van der Waals surface area (Å²) in [6.07, 6.45) is 5.92. The number of hydrogen-bond donors (Lipinski definition) is 1. The number of benzene rings is 1. The molecule has 0 spiro atoms. The van der Waals surface area contributed by atoms with Gasteiger partial charge in [0.2, 0.25) is 0 Å². The van der Waals surface area contributed by atoms with Crippen molar-refractivity contribution >= 4 is 12.1 Å². The first-order chi connectivity index (χ1) is 14.1. The Kier molecular flexibility index (Phi) is 6.31. The van der Waals surface area contributed by atoms with Gasteiger partial charge in [-0.25, -0.2) is 10.4 Å². The number of hydrogen-bond acceptors (Lipinski definition) is 8. The number of aromatic nitrogens is 3. The number of hydrazone groups is 1. The predicted molar refractivity (Wildman–Crippen MR) is 106 cm³/mol. The van der Waals surface area contributed by atoms with Gasteiger partial charge in [0.1, 0.15) is 28.6 Å². The van der Waals surface area contributed by atoms with Crippen LogP contribution in [0.4, 0.5) is 0 Å². The summed E-state index contributed by atoms with van der Waals surface area (Å²) in [6, 6.07) is 8.74. The zero-order valence-corrected chi connectivity index (χ0v) is 16.1. The fraction of sp³-hybridized carbons (Fsp3) is 0.150. The molecule has 0 fully saturated rings. The second-order valence-corrected chi connectivity index (χ2v) is 5.72. The lowest BCUT2D eigenvalue weighted by atomic mass is 10.2. The van der Waals surface area contributed by atoms with Gasteiger partial charge < -0.3 is 14.2 Å². The van der Waals surface area contributed by atoms with E-state index in [-0.39, 0.29) is 5.69 Å². The van der Waals surface area contributed by atoms with E-state index in [4.69, 9.17) is 14.2 Å². The van der Waals surface area contributed by atoms with Gasteiger partial charge in [-0.15, -0.1) is 0 Å². The fourth-order valence-electron chi connectivity index (χ4n) is 2.38. The van der Waals surface area contributed by atoms with Crippen molar-refractivity contribution in [2.45, 2.75) is 0 Å². The van der Waals surface area contributed by atoms with E-state index < -0.39 is 5.91 Å². The van der Waals surface area contributed by atoms with E-state index in [1.807, 2.05) is 0 Å². The number of carbonyl (C=O) groups is 1. The molecule has 9 heteroatoms. The maximum Gasteiger partial charge on any atom is 0.291 e. The third-order valence-corrected chi connectivity index (χ3v) is 3.86. The lowest BCUT2D eigenvalue weighted by Gasteiger charge is -2.06. The molecule has 1 amide bonds. The molecule has 0 bridgehead atoms. The fourth-order valence-corrected chi connectivity index (χ4v) is 2.38. The molecule has 0 unspecified atom stereocenters. The molecule has 1 aromatic carbocycles. The number of methoxy groups -OCH3 is 3. The van der Waals surface area contributed by atoms with Gasteiger partial charge in [-0.1, -0.05) is 0 Å². The van der Waals surface area contributed by atoms with E-state index >= 15 is 0 Å². The van der Waals surface area contributed by atoms with Gasteiger partial charge in [0.15, 0.2) is 0 Å². The Morgan fingerprint density at radius 1 is 0.931 bits per heavy atom. The van der Waals surface area contributed by atoms with Gasteiger partial charge in [0.05, 0.1) is 51.8 Å². The van der Waals surface area contributed by atoms with E-state index in [0.717, 1.165) is 0 Å². The summed E-state index contributed by atoms with van der Waals surface area (Å²) in [7, 11) is 4.67. The van der Waals surface area contributed by atoms with Crippen molar-refractivity contribution in [3.63, 3.8) is 0 Å². The van der Waals surface area contributed by atoms with Crippen LogP contribution in [0.25, 0.3) is 11.4 Å². The van der Waals surface area contributed by atoms with Crippen molar-refractivity contribution < 1.29 is 19.0 Å². The average Bonchev–Trinajstić information content (AvgIpc) is 2.78. The van der Waals surface area contributed by atoms with Gasteiger partial charge in [0.25, 0.3) is 5.91 Å². The minimum atomic E-state index is -0.501. The van der Waals surface area contributed by atoms with E-state index in [1.54, 1.807) is 57.9 Å². The predicted octanol–water partition coefficient (Wildman–Crippen LogP) is 2.33. The largest absolute Gasteiger partial charge is 0.497 e. The van der Waals surface area contributed by atoms with Gasteiger partial charge in [-0.05, 0) is 24.3 Å². The molecule has 29 heavy (non-hydrogen) atoms. The van der Waals surface area contributed by atoms with Gasteiger partial charge in [-0.3, -0.25) is 14.8 Å². The first-order valence-electron chi connectivity index (χ1n) is 8.52. The summed E-state index contributed by atoms with van der Waals surface area (Å²) in [5, 5.41) is 3.96. The molecule has 3 rings (SSSR count). The third-order valence-electron chi connectivity index (χ3n) is 3.86. The van der Waals surface area contributed by atoms with Crippen LogP contribution in [-0.4, -0.2) is 48.4 Å². The summed E-state index contributed by atoms with van der Waals surface area (Å²) < 4.78 is 15.5. The molecule has 0 radical (unpaired) electrons. The van der Waals surface area contributed by atoms with Crippen molar-refractivity contribution in [3.8, 4) is 28.6 Å². The van der Waals surface area contributed by atoms with Crippen LogP contribution in [0.1, 0.15) is 16.1 Å². The molecule has 2 aromatic heterocycles. The molecule has 0 saturated carbocycles. The minimum absolute atomic E-state index is 0.112. The van der Waals surface area contributed by atoms with E-state index in [1.165, 1.54) is 18.6 Å². The normalized spacial score (nSPS) is 10.6. The maximum absolute atomic E-state index is 12.3.